The van der Waals surface area contributed by atoms with Gasteiger partial charge in [-0.2, -0.15) is 0 Å². The minimum Gasteiger partial charge on any atom is -0.392 e. The van der Waals surface area contributed by atoms with Gasteiger partial charge in [0.2, 0.25) is 5.91 Å². The molecule has 0 aliphatic carbocycles. The normalized spacial score (nSPS) is 20.6. The van der Waals surface area contributed by atoms with Crippen molar-refractivity contribution in [1.82, 2.24) is 4.90 Å². The van der Waals surface area contributed by atoms with Crippen molar-refractivity contribution in [2.24, 2.45) is 0 Å². The molecule has 1 aliphatic rings. The Morgan fingerprint density at radius 1 is 1.36 bits per heavy atom. The van der Waals surface area contributed by atoms with Crippen LogP contribution in [0.2, 0.25) is 0 Å². The Bertz CT molecular complexity index is 490. The standard InChI is InChI=1S/C18H28N2O2/c1-3-14-9-5-6-10-15(14)19-18(22)13-20-12-8-7-11-16(20)17(21)4-2/h5-6,9-10,16-17,21H,3-4,7-8,11-13H2,1-2H3,(H,19,22). The summed E-state index contributed by atoms with van der Waals surface area (Å²) in [7, 11) is 0. The van der Waals surface area contributed by atoms with E-state index in [1.54, 1.807) is 0 Å². The molecule has 1 heterocycles. The summed E-state index contributed by atoms with van der Waals surface area (Å²) < 4.78 is 0. The van der Waals surface area contributed by atoms with Crippen LogP contribution in [0, 0.1) is 0 Å². The highest BCUT2D eigenvalue weighted by Crippen LogP contribution is 2.21. The lowest BCUT2D eigenvalue weighted by Crippen LogP contribution is -2.49. The Morgan fingerprint density at radius 2 is 2.14 bits per heavy atom. The number of rotatable bonds is 6. The number of likely N-dealkylation sites (tertiary alicyclic amines) is 1. The molecular weight excluding hydrogens is 276 g/mol. The number of para-hydroxylation sites is 1. The second-order valence-electron chi connectivity index (χ2n) is 6.07. The molecule has 0 bridgehead atoms. The molecule has 2 atom stereocenters. The van der Waals surface area contributed by atoms with Gasteiger partial charge in [-0.25, -0.2) is 0 Å². The molecule has 1 aliphatic heterocycles. The second kappa shape index (κ2) is 8.30. The van der Waals surface area contributed by atoms with Crippen LogP contribution in [0.3, 0.4) is 0 Å². The van der Waals surface area contributed by atoms with Gasteiger partial charge < -0.3 is 10.4 Å². The minimum atomic E-state index is -0.337. The highest BCUT2D eigenvalue weighted by atomic mass is 16.3. The van der Waals surface area contributed by atoms with E-state index in [-0.39, 0.29) is 18.1 Å². The average molecular weight is 304 g/mol. The first kappa shape index (κ1) is 17.0. The number of aliphatic hydroxyl groups is 1. The lowest BCUT2D eigenvalue weighted by molar-refractivity contribution is -0.119. The smallest absolute Gasteiger partial charge is 0.238 e. The highest BCUT2D eigenvalue weighted by molar-refractivity contribution is 5.93. The quantitative estimate of drug-likeness (QED) is 0.849. The van der Waals surface area contributed by atoms with Crippen LogP contribution in [-0.4, -0.2) is 41.1 Å². The zero-order chi connectivity index (χ0) is 15.9. The van der Waals surface area contributed by atoms with Gasteiger partial charge in [0.15, 0.2) is 0 Å². The number of nitrogens with zero attached hydrogens (tertiary/aromatic N) is 1. The summed E-state index contributed by atoms with van der Waals surface area (Å²) in [6.07, 6.45) is 4.52. The fourth-order valence-corrected chi connectivity index (χ4v) is 3.25. The van der Waals surface area contributed by atoms with Crippen molar-refractivity contribution in [2.45, 2.75) is 58.1 Å². The number of aliphatic hydroxyl groups excluding tert-OH is 1. The van der Waals surface area contributed by atoms with Crippen LogP contribution in [0.5, 0.6) is 0 Å². The number of carbonyl (C=O) groups is 1. The molecule has 1 aromatic carbocycles. The van der Waals surface area contributed by atoms with Gasteiger partial charge in [0.25, 0.3) is 0 Å². The largest absolute Gasteiger partial charge is 0.392 e. The molecular formula is C18H28N2O2. The lowest BCUT2D eigenvalue weighted by Gasteiger charge is -2.37. The first-order valence-electron chi connectivity index (χ1n) is 8.45. The number of amides is 1. The monoisotopic (exact) mass is 304 g/mol. The summed E-state index contributed by atoms with van der Waals surface area (Å²) >= 11 is 0. The van der Waals surface area contributed by atoms with Crippen LogP contribution in [0.4, 0.5) is 5.69 Å². The summed E-state index contributed by atoms with van der Waals surface area (Å²) in [6, 6.07) is 8.04. The molecule has 2 N–H and O–H groups in total. The summed E-state index contributed by atoms with van der Waals surface area (Å²) in [4.78, 5) is 14.5. The molecule has 2 unspecified atom stereocenters. The van der Waals surface area contributed by atoms with E-state index in [4.69, 9.17) is 0 Å². The van der Waals surface area contributed by atoms with Crippen LogP contribution < -0.4 is 5.32 Å². The molecule has 0 saturated carbocycles. The molecule has 0 aromatic heterocycles. The Balaban J connectivity index is 1.98. The topological polar surface area (TPSA) is 52.6 Å². The Hall–Kier alpha value is -1.39. The van der Waals surface area contributed by atoms with Gasteiger partial charge in [-0.3, -0.25) is 9.69 Å². The second-order valence-corrected chi connectivity index (χ2v) is 6.07. The first-order valence-corrected chi connectivity index (χ1v) is 8.45. The number of hydrogen-bond donors (Lipinski definition) is 2. The van der Waals surface area contributed by atoms with E-state index in [1.165, 1.54) is 0 Å². The van der Waals surface area contributed by atoms with Crippen LogP contribution in [0.1, 0.15) is 45.1 Å². The van der Waals surface area contributed by atoms with Gasteiger partial charge >= 0.3 is 0 Å². The summed E-state index contributed by atoms with van der Waals surface area (Å²) in [5.41, 5.74) is 2.05. The van der Waals surface area contributed by atoms with Crippen LogP contribution in [0.15, 0.2) is 24.3 Å². The number of anilines is 1. The van der Waals surface area contributed by atoms with E-state index < -0.39 is 0 Å². The van der Waals surface area contributed by atoms with E-state index in [2.05, 4.69) is 17.1 Å². The molecule has 4 heteroatoms. The fraction of sp³-hybridized carbons (Fsp3) is 0.611. The predicted octanol–water partition coefficient (Wildman–Crippen LogP) is 2.81. The number of nitrogens with one attached hydrogen (secondary N) is 1. The molecule has 122 valence electrons. The molecule has 1 amide bonds. The maximum Gasteiger partial charge on any atom is 0.238 e. The third-order valence-electron chi connectivity index (χ3n) is 4.55. The Labute approximate surface area is 133 Å². The Kier molecular flexibility index (Phi) is 6.40. The molecule has 1 aromatic rings. The van der Waals surface area contributed by atoms with Gasteiger partial charge in [-0.1, -0.05) is 38.5 Å². The minimum absolute atomic E-state index is 0.0103. The summed E-state index contributed by atoms with van der Waals surface area (Å²) in [6.45, 7) is 5.34. The van der Waals surface area contributed by atoms with Gasteiger partial charge in [-0.05, 0) is 43.9 Å². The number of benzene rings is 1. The van der Waals surface area contributed by atoms with Crippen molar-refractivity contribution in [3.8, 4) is 0 Å². The molecule has 2 rings (SSSR count). The van der Waals surface area contributed by atoms with E-state index in [0.29, 0.717) is 6.54 Å². The third-order valence-corrected chi connectivity index (χ3v) is 4.55. The zero-order valence-electron chi connectivity index (χ0n) is 13.7. The fourth-order valence-electron chi connectivity index (χ4n) is 3.25. The van der Waals surface area contributed by atoms with Crippen molar-refractivity contribution in [3.05, 3.63) is 29.8 Å². The maximum atomic E-state index is 12.4. The number of aryl methyl sites for hydroxylation is 1. The molecule has 0 radical (unpaired) electrons. The molecule has 0 spiro atoms. The van der Waals surface area contributed by atoms with Crippen molar-refractivity contribution in [3.63, 3.8) is 0 Å². The van der Waals surface area contributed by atoms with E-state index in [9.17, 15) is 9.90 Å². The molecule has 4 nitrogen and oxygen atoms in total. The number of hydrogen-bond acceptors (Lipinski definition) is 3. The molecule has 1 fully saturated rings. The van der Waals surface area contributed by atoms with E-state index in [0.717, 1.165) is 49.9 Å². The Morgan fingerprint density at radius 3 is 2.86 bits per heavy atom. The van der Waals surface area contributed by atoms with E-state index in [1.807, 2.05) is 31.2 Å². The lowest BCUT2D eigenvalue weighted by atomic mass is 9.96. The van der Waals surface area contributed by atoms with Gasteiger partial charge in [0, 0.05) is 11.7 Å². The van der Waals surface area contributed by atoms with Gasteiger partial charge in [0.1, 0.15) is 0 Å². The highest BCUT2D eigenvalue weighted by Gasteiger charge is 2.29. The van der Waals surface area contributed by atoms with Gasteiger partial charge in [-0.15, -0.1) is 0 Å². The van der Waals surface area contributed by atoms with E-state index >= 15 is 0 Å². The molecule has 1 saturated heterocycles. The van der Waals surface area contributed by atoms with Crippen LogP contribution in [0.25, 0.3) is 0 Å². The number of carbonyl (C=O) groups excluding carboxylic acids is 1. The molecule has 22 heavy (non-hydrogen) atoms. The van der Waals surface area contributed by atoms with Crippen LogP contribution >= 0.6 is 0 Å². The van der Waals surface area contributed by atoms with Crippen molar-refractivity contribution < 1.29 is 9.90 Å². The third kappa shape index (κ3) is 4.31. The van der Waals surface area contributed by atoms with Crippen LogP contribution in [-0.2, 0) is 11.2 Å². The first-order chi connectivity index (χ1) is 10.7. The maximum absolute atomic E-state index is 12.4. The summed E-state index contributed by atoms with van der Waals surface area (Å²) in [5.74, 6) is 0.0103. The summed E-state index contributed by atoms with van der Waals surface area (Å²) in [5, 5.41) is 13.2. The van der Waals surface area contributed by atoms with Gasteiger partial charge in [0.05, 0.1) is 12.6 Å². The SMILES string of the molecule is CCc1ccccc1NC(=O)CN1CCCCC1C(O)CC. The average Bonchev–Trinajstić information content (AvgIpc) is 2.55. The van der Waals surface area contributed by atoms with Crippen molar-refractivity contribution in [2.75, 3.05) is 18.4 Å². The predicted molar refractivity (Wildman–Crippen MR) is 90.0 cm³/mol. The zero-order valence-corrected chi connectivity index (χ0v) is 13.7. The number of piperidine rings is 1. The van der Waals surface area contributed by atoms with Crippen molar-refractivity contribution >= 4 is 11.6 Å². The van der Waals surface area contributed by atoms with Crippen molar-refractivity contribution in [1.29, 1.82) is 0 Å².